The summed E-state index contributed by atoms with van der Waals surface area (Å²) in [6.45, 7) is 8.30. The van der Waals surface area contributed by atoms with Crippen molar-refractivity contribution in [3.63, 3.8) is 0 Å². The molecular formula is C21H31F2N7O2. The Morgan fingerprint density at radius 1 is 1.12 bits per heavy atom. The topological polar surface area (TPSA) is 77.1 Å². The van der Waals surface area contributed by atoms with Gasteiger partial charge in [-0.1, -0.05) is 0 Å². The first kappa shape index (κ1) is 21.7. The van der Waals surface area contributed by atoms with Crippen LogP contribution in [0.4, 0.5) is 20.5 Å². The van der Waals surface area contributed by atoms with E-state index in [1.54, 1.807) is 5.06 Å². The number of amides is 1. The number of anilines is 2. The van der Waals surface area contributed by atoms with Gasteiger partial charge in [-0.3, -0.25) is 9.63 Å². The maximum atomic E-state index is 14.5. The van der Waals surface area contributed by atoms with Crippen LogP contribution >= 0.6 is 0 Å². The van der Waals surface area contributed by atoms with E-state index in [1.807, 2.05) is 9.80 Å². The number of carbonyl (C=O) groups excluding carboxylic acids is 1. The third-order valence-corrected chi connectivity index (χ3v) is 6.96. The molecule has 0 radical (unpaired) electrons. The monoisotopic (exact) mass is 451 g/mol. The van der Waals surface area contributed by atoms with E-state index in [9.17, 15) is 13.6 Å². The standard InChI is InChI=1S/C21H31F2N7O2/c1-15-3-7-30(15)20-25-18-16(2-4-21(18,22)23)19(26-20)28-10-12-29(13-11-28)32-14-17(31)27-8-5-24-6-9-27/h15,24H,2-14H2,1H3/t15-/m0/s1. The molecule has 1 amide bonds. The van der Waals surface area contributed by atoms with Crippen molar-refractivity contribution in [3.8, 4) is 0 Å². The van der Waals surface area contributed by atoms with E-state index in [2.05, 4.69) is 22.1 Å². The summed E-state index contributed by atoms with van der Waals surface area (Å²) in [7, 11) is 0. The predicted octanol–water partition coefficient (Wildman–Crippen LogP) is 0.599. The molecular weight excluding hydrogens is 420 g/mol. The minimum absolute atomic E-state index is 0.00177. The summed E-state index contributed by atoms with van der Waals surface area (Å²) in [5.74, 6) is -1.85. The zero-order valence-corrected chi connectivity index (χ0v) is 18.5. The van der Waals surface area contributed by atoms with Gasteiger partial charge in [0.15, 0.2) is 0 Å². The van der Waals surface area contributed by atoms with Crippen LogP contribution < -0.4 is 15.1 Å². The van der Waals surface area contributed by atoms with E-state index in [1.165, 1.54) is 0 Å². The largest absolute Gasteiger partial charge is 0.353 e. The van der Waals surface area contributed by atoms with Gasteiger partial charge < -0.3 is 20.0 Å². The second-order valence-corrected chi connectivity index (χ2v) is 9.03. The van der Waals surface area contributed by atoms with E-state index in [-0.39, 0.29) is 30.7 Å². The van der Waals surface area contributed by atoms with Crippen molar-refractivity contribution < 1.29 is 18.4 Å². The first-order valence-corrected chi connectivity index (χ1v) is 11.6. The molecule has 3 fully saturated rings. The summed E-state index contributed by atoms with van der Waals surface area (Å²) in [5, 5.41) is 5.02. The SMILES string of the molecule is C[C@H]1CCN1c1nc(N2CCN(OCC(=O)N3CCNCC3)CC2)c2c(n1)C(F)(F)CC2. The lowest BCUT2D eigenvalue weighted by Crippen LogP contribution is -2.50. The van der Waals surface area contributed by atoms with E-state index in [4.69, 9.17) is 9.82 Å². The summed E-state index contributed by atoms with van der Waals surface area (Å²) < 4.78 is 29.1. The summed E-state index contributed by atoms with van der Waals surface area (Å²) >= 11 is 0. The molecule has 3 saturated heterocycles. The molecule has 0 saturated carbocycles. The normalized spacial score (nSPS) is 25.6. The number of hydrogen-bond donors (Lipinski definition) is 1. The zero-order valence-electron chi connectivity index (χ0n) is 18.5. The number of aromatic nitrogens is 2. The van der Waals surface area contributed by atoms with Crippen LogP contribution in [0.3, 0.4) is 0 Å². The lowest BCUT2D eigenvalue weighted by molar-refractivity contribution is -0.178. The van der Waals surface area contributed by atoms with Gasteiger partial charge in [-0.05, 0) is 19.8 Å². The number of nitrogens with one attached hydrogen (secondary N) is 1. The molecule has 0 spiro atoms. The second kappa shape index (κ2) is 8.68. The van der Waals surface area contributed by atoms with E-state index < -0.39 is 5.92 Å². The average molecular weight is 452 g/mol. The number of piperazine rings is 2. The van der Waals surface area contributed by atoms with Gasteiger partial charge in [0, 0.05) is 76.9 Å². The number of carbonyl (C=O) groups is 1. The van der Waals surface area contributed by atoms with Crippen LogP contribution in [0.1, 0.15) is 31.0 Å². The van der Waals surface area contributed by atoms with Gasteiger partial charge in [0.25, 0.3) is 11.8 Å². The Hall–Kier alpha value is -2.11. The molecule has 4 heterocycles. The minimum atomic E-state index is -2.90. The molecule has 176 valence electrons. The van der Waals surface area contributed by atoms with Crippen molar-refractivity contribution in [2.75, 3.05) is 75.3 Å². The molecule has 32 heavy (non-hydrogen) atoms. The highest BCUT2D eigenvalue weighted by molar-refractivity contribution is 5.77. The van der Waals surface area contributed by atoms with Crippen molar-refractivity contribution >= 4 is 17.7 Å². The molecule has 11 heteroatoms. The Labute approximate surface area is 186 Å². The first-order chi connectivity index (χ1) is 15.4. The van der Waals surface area contributed by atoms with E-state index in [0.29, 0.717) is 63.0 Å². The molecule has 1 aromatic rings. The number of nitrogens with zero attached hydrogens (tertiary/aromatic N) is 6. The molecule has 0 unspecified atom stereocenters. The van der Waals surface area contributed by atoms with Crippen LogP contribution in [0.2, 0.25) is 0 Å². The Morgan fingerprint density at radius 2 is 1.88 bits per heavy atom. The van der Waals surface area contributed by atoms with Gasteiger partial charge in [0.05, 0.1) is 0 Å². The molecule has 1 N–H and O–H groups in total. The highest BCUT2D eigenvalue weighted by Gasteiger charge is 2.45. The van der Waals surface area contributed by atoms with Crippen molar-refractivity contribution in [3.05, 3.63) is 11.3 Å². The van der Waals surface area contributed by atoms with Gasteiger partial charge in [0.1, 0.15) is 18.1 Å². The van der Waals surface area contributed by atoms with E-state index >= 15 is 0 Å². The summed E-state index contributed by atoms with van der Waals surface area (Å²) in [5.41, 5.74) is 0.479. The summed E-state index contributed by atoms with van der Waals surface area (Å²) in [4.78, 5) is 33.0. The Kier molecular flexibility index (Phi) is 5.89. The van der Waals surface area contributed by atoms with E-state index in [0.717, 1.165) is 26.1 Å². The molecule has 0 bridgehead atoms. The molecule has 1 aliphatic carbocycles. The molecule has 4 aliphatic rings. The first-order valence-electron chi connectivity index (χ1n) is 11.6. The quantitative estimate of drug-likeness (QED) is 0.698. The predicted molar refractivity (Wildman–Crippen MR) is 115 cm³/mol. The van der Waals surface area contributed by atoms with Crippen molar-refractivity contribution in [2.24, 2.45) is 0 Å². The Balaban J connectivity index is 1.24. The van der Waals surface area contributed by atoms with Crippen LogP contribution in [-0.2, 0) is 22.0 Å². The molecule has 9 nitrogen and oxygen atoms in total. The van der Waals surface area contributed by atoms with Crippen LogP contribution in [0.25, 0.3) is 0 Å². The second-order valence-electron chi connectivity index (χ2n) is 9.03. The number of hydrogen-bond acceptors (Lipinski definition) is 8. The van der Waals surface area contributed by atoms with Gasteiger partial charge in [-0.25, -0.2) is 4.98 Å². The minimum Gasteiger partial charge on any atom is -0.353 e. The van der Waals surface area contributed by atoms with Crippen LogP contribution in [0.15, 0.2) is 0 Å². The van der Waals surface area contributed by atoms with Crippen molar-refractivity contribution in [1.29, 1.82) is 0 Å². The average Bonchev–Trinajstić information content (AvgIpc) is 3.11. The van der Waals surface area contributed by atoms with Gasteiger partial charge in [-0.15, -0.1) is 0 Å². The fourth-order valence-electron chi connectivity index (χ4n) is 4.78. The maximum absolute atomic E-state index is 14.5. The molecule has 3 aliphatic heterocycles. The van der Waals surface area contributed by atoms with Crippen LogP contribution in [0, 0.1) is 0 Å². The molecule has 0 aromatic carbocycles. The lowest BCUT2D eigenvalue weighted by atomic mass is 10.1. The highest BCUT2D eigenvalue weighted by atomic mass is 19.3. The highest BCUT2D eigenvalue weighted by Crippen LogP contribution is 2.44. The Bertz CT molecular complexity index is 857. The molecule has 1 aromatic heterocycles. The summed E-state index contributed by atoms with van der Waals surface area (Å²) in [6, 6.07) is 0.273. The van der Waals surface area contributed by atoms with Crippen LogP contribution in [0.5, 0.6) is 0 Å². The summed E-state index contributed by atoms with van der Waals surface area (Å²) in [6.07, 6.45) is 1.11. The third kappa shape index (κ3) is 4.13. The van der Waals surface area contributed by atoms with Gasteiger partial charge in [0.2, 0.25) is 5.95 Å². The molecule has 1 atom stereocenters. The number of fused-ring (bicyclic) bond motifs is 1. The molecule has 5 rings (SSSR count). The van der Waals surface area contributed by atoms with Crippen LogP contribution in [-0.4, -0.2) is 97.4 Å². The lowest BCUT2D eigenvalue weighted by Gasteiger charge is -2.40. The maximum Gasteiger partial charge on any atom is 0.290 e. The number of halogens is 2. The van der Waals surface area contributed by atoms with Gasteiger partial charge >= 0.3 is 0 Å². The third-order valence-electron chi connectivity index (χ3n) is 6.96. The van der Waals surface area contributed by atoms with Crippen molar-refractivity contribution in [2.45, 2.75) is 38.2 Å². The van der Waals surface area contributed by atoms with Gasteiger partial charge in [-0.2, -0.15) is 18.8 Å². The van der Waals surface area contributed by atoms with Crippen molar-refractivity contribution in [1.82, 2.24) is 25.2 Å². The zero-order chi connectivity index (χ0) is 22.3. The smallest absolute Gasteiger partial charge is 0.290 e. The number of hydroxylamine groups is 2. The number of rotatable bonds is 5. The Morgan fingerprint density at radius 3 is 2.53 bits per heavy atom. The number of alkyl halides is 2. The fourth-order valence-corrected chi connectivity index (χ4v) is 4.78. The fraction of sp³-hybridized carbons (Fsp3) is 0.762.